The molecule has 1 aromatic carbocycles. The van der Waals surface area contributed by atoms with E-state index >= 15 is 0 Å². The number of hydrogen-bond acceptors (Lipinski definition) is 1. The molecule has 2 N–H and O–H groups in total. The van der Waals surface area contributed by atoms with Crippen LogP contribution >= 0.6 is 27.5 Å². The number of nitrogens with one attached hydrogen (secondary N) is 2. The Morgan fingerprint density at radius 3 is 2.76 bits per heavy atom. The van der Waals surface area contributed by atoms with Gasteiger partial charge in [-0.3, -0.25) is 0 Å². The zero-order valence-electron chi connectivity index (χ0n) is 10.2. The molecule has 0 bridgehead atoms. The van der Waals surface area contributed by atoms with Crippen LogP contribution in [0.1, 0.15) is 25.1 Å². The van der Waals surface area contributed by atoms with Crippen LogP contribution < -0.4 is 5.32 Å². The highest BCUT2D eigenvalue weighted by atomic mass is 79.9. The summed E-state index contributed by atoms with van der Waals surface area (Å²) in [5.74, 6) is 0. The summed E-state index contributed by atoms with van der Waals surface area (Å²) in [5.41, 5.74) is 3.38. The van der Waals surface area contributed by atoms with E-state index in [-0.39, 0.29) is 0 Å². The smallest absolute Gasteiger partial charge is 0.0512 e. The first kappa shape index (κ1) is 12.9. The minimum absolute atomic E-state index is 0.470. The van der Waals surface area contributed by atoms with Crippen molar-refractivity contribution >= 4 is 38.4 Å². The summed E-state index contributed by atoms with van der Waals surface area (Å²) < 4.78 is 1.13. The lowest BCUT2D eigenvalue weighted by molar-refractivity contribution is 0.582. The third kappa shape index (κ3) is 2.51. The van der Waals surface area contributed by atoms with Crippen LogP contribution in [0.3, 0.4) is 0 Å². The van der Waals surface area contributed by atoms with Gasteiger partial charge in [-0.25, -0.2) is 0 Å². The van der Waals surface area contributed by atoms with Gasteiger partial charge in [-0.15, -0.1) is 0 Å². The van der Waals surface area contributed by atoms with Gasteiger partial charge in [0.15, 0.2) is 0 Å². The van der Waals surface area contributed by atoms with Gasteiger partial charge in [0.25, 0.3) is 0 Å². The fourth-order valence-corrected chi connectivity index (χ4v) is 2.55. The molecule has 1 heterocycles. The lowest BCUT2D eigenvalue weighted by Crippen LogP contribution is -2.22. The molecule has 0 saturated carbocycles. The number of H-pyrrole nitrogens is 1. The van der Waals surface area contributed by atoms with Crippen LogP contribution in [0.5, 0.6) is 0 Å². The van der Waals surface area contributed by atoms with Gasteiger partial charge in [0, 0.05) is 33.2 Å². The Morgan fingerprint density at radius 2 is 2.12 bits per heavy atom. The van der Waals surface area contributed by atoms with Crippen LogP contribution in [0.4, 0.5) is 0 Å². The molecule has 4 heteroatoms. The highest BCUT2D eigenvalue weighted by molar-refractivity contribution is 9.10. The molecular weight excluding hydrogens is 300 g/mol. The van der Waals surface area contributed by atoms with Crippen LogP contribution in [0.15, 0.2) is 16.6 Å². The highest BCUT2D eigenvalue weighted by Crippen LogP contribution is 2.32. The molecule has 0 saturated heterocycles. The summed E-state index contributed by atoms with van der Waals surface area (Å²) in [6.45, 7) is 7.13. The molecule has 0 aliphatic rings. The van der Waals surface area contributed by atoms with Crippen molar-refractivity contribution in [3.63, 3.8) is 0 Å². The Labute approximate surface area is 115 Å². The average molecular weight is 316 g/mol. The first-order valence-electron chi connectivity index (χ1n) is 5.69. The standard InChI is InChI=1S/C13H16BrClN2/c1-7(2)16-6-11-12(14)9-4-5-10(15)8(3)13(9)17-11/h4-5,7,16-17H,6H2,1-3H3. The van der Waals surface area contributed by atoms with Crippen molar-refractivity contribution in [3.8, 4) is 0 Å². The number of aromatic amines is 1. The Morgan fingerprint density at radius 1 is 1.41 bits per heavy atom. The van der Waals surface area contributed by atoms with Gasteiger partial charge >= 0.3 is 0 Å². The van der Waals surface area contributed by atoms with Crippen LogP contribution in [0, 0.1) is 6.92 Å². The number of rotatable bonds is 3. The topological polar surface area (TPSA) is 27.8 Å². The molecule has 1 aromatic heterocycles. The van der Waals surface area contributed by atoms with Crippen molar-refractivity contribution in [2.45, 2.75) is 33.4 Å². The number of benzene rings is 1. The quantitative estimate of drug-likeness (QED) is 0.864. The fourth-order valence-electron chi connectivity index (χ4n) is 1.83. The van der Waals surface area contributed by atoms with E-state index in [4.69, 9.17) is 11.6 Å². The van der Waals surface area contributed by atoms with Gasteiger partial charge < -0.3 is 10.3 Å². The number of aryl methyl sites for hydroxylation is 1. The summed E-state index contributed by atoms with van der Waals surface area (Å²) in [6, 6.07) is 4.46. The predicted octanol–water partition coefficient (Wildman–Crippen LogP) is 4.39. The van der Waals surface area contributed by atoms with E-state index in [9.17, 15) is 0 Å². The number of fused-ring (bicyclic) bond motifs is 1. The fraction of sp³-hybridized carbons (Fsp3) is 0.385. The van der Waals surface area contributed by atoms with E-state index in [1.54, 1.807) is 0 Å². The van der Waals surface area contributed by atoms with Crippen LogP contribution in [-0.2, 0) is 6.54 Å². The molecule has 0 unspecified atom stereocenters. The first-order valence-corrected chi connectivity index (χ1v) is 6.86. The lowest BCUT2D eigenvalue weighted by Gasteiger charge is -2.06. The third-order valence-corrected chi connectivity index (χ3v) is 4.18. The van der Waals surface area contributed by atoms with Crippen molar-refractivity contribution in [1.82, 2.24) is 10.3 Å². The molecule has 17 heavy (non-hydrogen) atoms. The van der Waals surface area contributed by atoms with E-state index in [1.807, 2.05) is 19.1 Å². The van der Waals surface area contributed by atoms with Gasteiger partial charge in [-0.2, -0.15) is 0 Å². The summed E-state index contributed by atoms with van der Waals surface area (Å²) in [4.78, 5) is 3.43. The van der Waals surface area contributed by atoms with Gasteiger partial charge in [0.05, 0.1) is 5.52 Å². The van der Waals surface area contributed by atoms with Gasteiger partial charge in [-0.1, -0.05) is 31.5 Å². The molecule has 0 fully saturated rings. The maximum absolute atomic E-state index is 6.13. The van der Waals surface area contributed by atoms with E-state index in [0.29, 0.717) is 6.04 Å². The van der Waals surface area contributed by atoms with E-state index in [1.165, 1.54) is 11.1 Å². The lowest BCUT2D eigenvalue weighted by atomic mass is 10.2. The second-order valence-corrected chi connectivity index (χ2v) is 5.75. The minimum Gasteiger partial charge on any atom is -0.356 e. The van der Waals surface area contributed by atoms with Crippen molar-refractivity contribution in [3.05, 3.63) is 32.9 Å². The van der Waals surface area contributed by atoms with Gasteiger partial charge in [0.2, 0.25) is 0 Å². The summed E-state index contributed by atoms with van der Waals surface area (Å²) in [7, 11) is 0. The molecule has 0 aliphatic heterocycles. The normalized spacial score (nSPS) is 11.6. The van der Waals surface area contributed by atoms with E-state index < -0.39 is 0 Å². The van der Waals surface area contributed by atoms with Gasteiger partial charge in [0.1, 0.15) is 0 Å². The molecule has 0 atom stereocenters. The summed E-state index contributed by atoms with van der Waals surface area (Å²) in [6.07, 6.45) is 0. The second-order valence-electron chi connectivity index (χ2n) is 4.55. The van der Waals surface area contributed by atoms with Crippen molar-refractivity contribution < 1.29 is 0 Å². The number of halogens is 2. The van der Waals surface area contributed by atoms with Crippen LogP contribution in [-0.4, -0.2) is 11.0 Å². The Balaban J connectivity index is 2.45. The Bertz CT molecular complexity index is 546. The SMILES string of the molecule is Cc1c(Cl)ccc2c(Br)c(CNC(C)C)[nH]c12. The van der Waals surface area contributed by atoms with E-state index in [2.05, 4.69) is 40.1 Å². The maximum Gasteiger partial charge on any atom is 0.0512 e. The van der Waals surface area contributed by atoms with Crippen molar-refractivity contribution in [2.75, 3.05) is 0 Å². The predicted molar refractivity (Wildman–Crippen MR) is 77.7 cm³/mol. The zero-order valence-corrected chi connectivity index (χ0v) is 12.5. The number of aromatic nitrogens is 1. The van der Waals surface area contributed by atoms with Crippen LogP contribution in [0.25, 0.3) is 10.9 Å². The Kier molecular flexibility index (Phi) is 3.81. The molecule has 2 nitrogen and oxygen atoms in total. The molecule has 0 amide bonds. The average Bonchev–Trinajstić information content (AvgIpc) is 2.59. The largest absolute Gasteiger partial charge is 0.356 e. The Hall–Kier alpha value is -0.510. The van der Waals surface area contributed by atoms with Crippen molar-refractivity contribution in [1.29, 1.82) is 0 Å². The van der Waals surface area contributed by atoms with Crippen molar-refractivity contribution in [2.24, 2.45) is 0 Å². The van der Waals surface area contributed by atoms with E-state index in [0.717, 1.165) is 27.1 Å². The van der Waals surface area contributed by atoms with Crippen LogP contribution in [0.2, 0.25) is 5.02 Å². The molecule has 0 aliphatic carbocycles. The molecule has 0 radical (unpaired) electrons. The zero-order chi connectivity index (χ0) is 12.6. The highest BCUT2D eigenvalue weighted by Gasteiger charge is 2.12. The van der Waals surface area contributed by atoms with Gasteiger partial charge in [-0.05, 0) is 34.5 Å². The maximum atomic E-state index is 6.13. The molecule has 2 aromatic rings. The first-order chi connectivity index (χ1) is 8.00. The molecule has 92 valence electrons. The summed E-state index contributed by atoms with van der Waals surface area (Å²) in [5, 5.41) is 5.39. The molecule has 0 spiro atoms. The summed E-state index contributed by atoms with van der Waals surface area (Å²) >= 11 is 9.77. The molecular formula is C13H16BrClN2. The number of hydrogen-bond donors (Lipinski definition) is 2. The monoisotopic (exact) mass is 314 g/mol. The molecule has 2 rings (SSSR count). The third-order valence-electron chi connectivity index (χ3n) is 2.86. The minimum atomic E-state index is 0.470. The second kappa shape index (κ2) is 5.01.